The van der Waals surface area contributed by atoms with Crippen molar-refractivity contribution >= 4 is 5.69 Å². The van der Waals surface area contributed by atoms with Gasteiger partial charge in [-0.15, -0.1) is 0 Å². The maximum atomic E-state index is 11.0. The van der Waals surface area contributed by atoms with Crippen LogP contribution in [0.4, 0.5) is 5.69 Å². The van der Waals surface area contributed by atoms with Crippen LogP contribution in [0.15, 0.2) is 30.5 Å². The minimum Gasteiger partial charge on any atom is -0.341 e. The molecule has 0 spiro atoms. The molecule has 20 heavy (non-hydrogen) atoms. The number of imidazole rings is 1. The molecular formula is C14H18N4O2. The lowest BCUT2D eigenvalue weighted by Gasteiger charge is -2.05. The van der Waals surface area contributed by atoms with Crippen molar-refractivity contribution in [3.8, 4) is 11.3 Å². The summed E-state index contributed by atoms with van der Waals surface area (Å²) in [4.78, 5) is 18.0. The number of rotatable bonds is 6. The Balaban J connectivity index is 2.15. The van der Waals surface area contributed by atoms with Gasteiger partial charge in [-0.2, -0.15) is 0 Å². The quantitative estimate of drug-likeness (QED) is 0.626. The second-order valence-electron chi connectivity index (χ2n) is 5.04. The van der Waals surface area contributed by atoms with Gasteiger partial charge in [0.05, 0.1) is 28.9 Å². The molecular weight excluding hydrogens is 256 g/mol. The Kier molecular flexibility index (Phi) is 4.47. The number of benzene rings is 1. The molecule has 0 atom stereocenters. The molecule has 0 amide bonds. The number of aromatic nitrogens is 2. The standard InChI is InChI=1S/C14H18N4O2/c1-10(2)7-15-9-14-16-8-12(17-14)11-5-3-4-6-13(11)18(19)20/h3-6,8,10,15H,7,9H2,1-2H3,(H,16,17). The Morgan fingerprint density at radius 3 is 2.85 bits per heavy atom. The molecule has 106 valence electrons. The van der Waals surface area contributed by atoms with Crippen molar-refractivity contribution in [3.05, 3.63) is 46.4 Å². The first-order valence-electron chi connectivity index (χ1n) is 6.56. The van der Waals surface area contributed by atoms with Crippen molar-refractivity contribution in [3.63, 3.8) is 0 Å². The maximum absolute atomic E-state index is 11.0. The van der Waals surface area contributed by atoms with Crippen molar-refractivity contribution < 1.29 is 4.92 Å². The number of hydrogen-bond acceptors (Lipinski definition) is 4. The summed E-state index contributed by atoms with van der Waals surface area (Å²) in [5.74, 6) is 1.35. The summed E-state index contributed by atoms with van der Waals surface area (Å²) in [6.07, 6.45) is 1.63. The number of para-hydroxylation sites is 1. The predicted molar refractivity (Wildman–Crippen MR) is 77.2 cm³/mol. The highest BCUT2D eigenvalue weighted by atomic mass is 16.6. The number of nitrogens with one attached hydrogen (secondary N) is 2. The van der Waals surface area contributed by atoms with Gasteiger partial charge in [0.2, 0.25) is 0 Å². The van der Waals surface area contributed by atoms with Crippen molar-refractivity contribution in [2.45, 2.75) is 20.4 Å². The fourth-order valence-corrected chi connectivity index (χ4v) is 1.93. The number of aromatic amines is 1. The summed E-state index contributed by atoms with van der Waals surface area (Å²) >= 11 is 0. The molecule has 0 fully saturated rings. The van der Waals surface area contributed by atoms with Crippen LogP contribution in [-0.4, -0.2) is 21.4 Å². The zero-order chi connectivity index (χ0) is 14.5. The molecule has 0 saturated carbocycles. The first-order valence-corrected chi connectivity index (χ1v) is 6.56. The average Bonchev–Trinajstić information content (AvgIpc) is 2.87. The Labute approximate surface area is 117 Å². The van der Waals surface area contributed by atoms with E-state index in [0.717, 1.165) is 12.4 Å². The zero-order valence-electron chi connectivity index (χ0n) is 11.6. The fourth-order valence-electron chi connectivity index (χ4n) is 1.93. The van der Waals surface area contributed by atoms with Crippen LogP contribution in [-0.2, 0) is 6.54 Å². The van der Waals surface area contributed by atoms with E-state index in [1.54, 1.807) is 24.4 Å². The van der Waals surface area contributed by atoms with Gasteiger partial charge in [0.15, 0.2) is 0 Å². The van der Waals surface area contributed by atoms with Crippen LogP contribution in [0.2, 0.25) is 0 Å². The first-order chi connectivity index (χ1) is 9.58. The number of H-pyrrole nitrogens is 1. The average molecular weight is 274 g/mol. The molecule has 0 saturated heterocycles. The van der Waals surface area contributed by atoms with Gasteiger partial charge in [-0.1, -0.05) is 26.0 Å². The summed E-state index contributed by atoms with van der Waals surface area (Å²) in [6.45, 7) is 5.79. The number of nitrogens with zero attached hydrogens (tertiary/aromatic N) is 2. The third-order valence-electron chi connectivity index (χ3n) is 2.86. The molecule has 1 heterocycles. The van der Waals surface area contributed by atoms with E-state index in [0.29, 0.717) is 23.7 Å². The number of hydrogen-bond donors (Lipinski definition) is 2. The zero-order valence-corrected chi connectivity index (χ0v) is 11.6. The van der Waals surface area contributed by atoms with Crippen molar-refractivity contribution in [1.82, 2.24) is 15.3 Å². The second kappa shape index (κ2) is 6.29. The van der Waals surface area contributed by atoms with Gasteiger partial charge >= 0.3 is 0 Å². The molecule has 0 bridgehead atoms. The molecule has 0 aliphatic rings. The molecule has 0 aliphatic heterocycles. The summed E-state index contributed by atoms with van der Waals surface area (Å²) in [7, 11) is 0. The number of nitro benzene ring substituents is 1. The smallest absolute Gasteiger partial charge is 0.278 e. The van der Waals surface area contributed by atoms with Crippen LogP contribution >= 0.6 is 0 Å². The molecule has 2 aromatic rings. The van der Waals surface area contributed by atoms with Gasteiger partial charge < -0.3 is 10.3 Å². The Morgan fingerprint density at radius 1 is 1.40 bits per heavy atom. The van der Waals surface area contributed by atoms with Gasteiger partial charge in [-0.05, 0) is 18.5 Å². The van der Waals surface area contributed by atoms with Crippen molar-refractivity contribution in [1.29, 1.82) is 0 Å². The summed E-state index contributed by atoms with van der Waals surface area (Å²) < 4.78 is 0. The van der Waals surface area contributed by atoms with Crippen LogP contribution in [0.5, 0.6) is 0 Å². The summed E-state index contributed by atoms with van der Waals surface area (Å²) in [5.41, 5.74) is 1.30. The Bertz CT molecular complexity index is 592. The van der Waals surface area contributed by atoms with Crippen LogP contribution in [0.3, 0.4) is 0 Å². The lowest BCUT2D eigenvalue weighted by molar-refractivity contribution is -0.384. The first kappa shape index (κ1) is 14.2. The lowest BCUT2D eigenvalue weighted by Crippen LogP contribution is -2.19. The number of nitro groups is 1. The van der Waals surface area contributed by atoms with Crippen LogP contribution < -0.4 is 5.32 Å². The van der Waals surface area contributed by atoms with Crippen molar-refractivity contribution in [2.75, 3.05) is 6.54 Å². The largest absolute Gasteiger partial charge is 0.341 e. The molecule has 6 nitrogen and oxygen atoms in total. The monoisotopic (exact) mass is 274 g/mol. The van der Waals surface area contributed by atoms with Gasteiger partial charge in [-0.3, -0.25) is 10.1 Å². The minimum atomic E-state index is -0.382. The van der Waals surface area contributed by atoms with E-state index in [1.807, 2.05) is 0 Å². The van der Waals surface area contributed by atoms with E-state index >= 15 is 0 Å². The fraction of sp³-hybridized carbons (Fsp3) is 0.357. The third-order valence-corrected chi connectivity index (χ3v) is 2.86. The van der Waals surface area contributed by atoms with E-state index in [2.05, 4.69) is 29.1 Å². The van der Waals surface area contributed by atoms with E-state index in [4.69, 9.17) is 0 Å². The minimum absolute atomic E-state index is 0.0813. The van der Waals surface area contributed by atoms with Crippen molar-refractivity contribution in [2.24, 2.45) is 5.92 Å². The van der Waals surface area contributed by atoms with Gasteiger partial charge in [0.1, 0.15) is 5.82 Å². The molecule has 1 aromatic carbocycles. The maximum Gasteiger partial charge on any atom is 0.278 e. The second-order valence-corrected chi connectivity index (χ2v) is 5.04. The molecule has 0 unspecified atom stereocenters. The lowest BCUT2D eigenvalue weighted by atomic mass is 10.1. The van der Waals surface area contributed by atoms with E-state index in [9.17, 15) is 10.1 Å². The highest BCUT2D eigenvalue weighted by Gasteiger charge is 2.15. The topological polar surface area (TPSA) is 83.8 Å². The molecule has 0 aliphatic carbocycles. The van der Waals surface area contributed by atoms with Crippen LogP contribution in [0.1, 0.15) is 19.7 Å². The van der Waals surface area contributed by atoms with Gasteiger partial charge in [-0.25, -0.2) is 4.98 Å². The summed E-state index contributed by atoms with van der Waals surface area (Å²) in [6, 6.07) is 6.65. The molecule has 6 heteroatoms. The summed E-state index contributed by atoms with van der Waals surface area (Å²) in [5, 5.41) is 14.3. The van der Waals surface area contributed by atoms with E-state index < -0.39 is 0 Å². The predicted octanol–water partition coefficient (Wildman–Crippen LogP) is 2.73. The van der Waals surface area contributed by atoms with Gasteiger partial charge in [0.25, 0.3) is 5.69 Å². The normalized spacial score (nSPS) is 10.9. The molecule has 2 rings (SSSR count). The molecule has 0 radical (unpaired) electrons. The highest BCUT2D eigenvalue weighted by Crippen LogP contribution is 2.27. The Morgan fingerprint density at radius 2 is 2.15 bits per heavy atom. The van der Waals surface area contributed by atoms with E-state index in [-0.39, 0.29) is 10.6 Å². The van der Waals surface area contributed by atoms with Gasteiger partial charge in [0, 0.05) is 6.07 Å². The van der Waals surface area contributed by atoms with Crippen LogP contribution in [0.25, 0.3) is 11.3 Å². The molecule has 1 aromatic heterocycles. The Hall–Kier alpha value is -2.21. The third kappa shape index (κ3) is 3.42. The SMILES string of the molecule is CC(C)CNCc1ncc(-c2ccccc2[N+](=O)[O-])[nH]1. The van der Waals surface area contributed by atoms with E-state index in [1.165, 1.54) is 6.07 Å². The highest BCUT2D eigenvalue weighted by molar-refractivity contribution is 5.70. The van der Waals surface area contributed by atoms with Crippen LogP contribution in [0, 0.1) is 16.0 Å². The molecule has 2 N–H and O–H groups in total.